The van der Waals surface area contributed by atoms with Crippen molar-refractivity contribution in [2.24, 2.45) is 0 Å². The van der Waals surface area contributed by atoms with Crippen LogP contribution in [0, 0.1) is 0 Å². The van der Waals surface area contributed by atoms with Gasteiger partial charge in [0.25, 0.3) is 5.91 Å². The molecule has 3 N–H and O–H groups in total. The highest BCUT2D eigenvalue weighted by atomic mass is 79.9. The van der Waals surface area contributed by atoms with Crippen LogP contribution in [0.3, 0.4) is 0 Å². The Morgan fingerprint density at radius 2 is 2.11 bits per heavy atom. The van der Waals surface area contributed by atoms with E-state index in [1.165, 1.54) is 25.3 Å². The molecule has 0 saturated carbocycles. The summed E-state index contributed by atoms with van der Waals surface area (Å²) in [7, 11) is 1.24. The molecule has 0 heterocycles. The molecule has 1 unspecified atom stereocenters. The predicted molar refractivity (Wildman–Crippen MR) is 66.8 cm³/mol. The number of phenolic OH excluding ortho intramolecular Hbond substituents is 2. The van der Waals surface area contributed by atoms with Gasteiger partial charge in [-0.25, -0.2) is 0 Å². The van der Waals surface area contributed by atoms with Crippen molar-refractivity contribution in [2.45, 2.75) is 4.83 Å². The lowest BCUT2D eigenvalue weighted by molar-refractivity contribution is -0.139. The summed E-state index contributed by atoms with van der Waals surface area (Å²) in [4.78, 5) is 22.1. The van der Waals surface area contributed by atoms with Crippen molar-refractivity contribution in [1.82, 2.24) is 5.32 Å². The number of carbonyl (C=O) groups is 2. The maximum Gasteiger partial charge on any atom is 0.321 e. The minimum Gasteiger partial charge on any atom is -0.504 e. The molecule has 0 spiro atoms. The third-order valence-corrected chi connectivity index (χ3v) is 2.86. The van der Waals surface area contributed by atoms with Gasteiger partial charge in [-0.05, 0) is 12.1 Å². The van der Waals surface area contributed by atoms with Crippen LogP contribution in [-0.4, -0.2) is 40.6 Å². The van der Waals surface area contributed by atoms with Crippen LogP contribution in [0.25, 0.3) is 0 Å². The van der Waals surface area contributed by atoms with Crippen LogP contribution in [0.1, 0.15) is 10.4 Å². The number of halogens is 1. The number of alkyl halides is 1. The van der Waals surface area contributed by atoms with Crippen molar-refractivity contribution in [1.29, 1.82) is 0 Å². The van der Waals surface area contributed by atoms with Crippen LogP contribution in [0.4, 0.5) is 0 Å². The van der Waals surface area contributed by atoms with Crippen molar-refractivity contribution >= 4 is 27.8 Å². The quantitative estimate of drug-likeness (QED) is 0.433. The molecule has 1 rings (SSSR count). The van der Waals surface area contributed by atoms with Gasteiger partial charge < -0.3 is 20.3 Å². The average molecular weight is 318 g/mol. The number of ether oxygens (including phenoxy) is 1. The summed E-state index contributed by atoms with van der Waals surface area (Å²) in [6.45, 7) is 0.000598. The molecule has 98 valence electrons. The SMILES string of the molecule is COC(=O)C(Br)CNC(=O)c1cccc(O)c1O. The molecule has 1 aromatic rings. The lowest BCUT2D eigenvalue weighted by atomic mass is 10.1. The van der Waals surface area contributed by atoms with E-state index >= 15 is 0 Å². The van der Waals surface area contributed by atoms with Crippen LogP contribution in [0.2, 0.25) is 0 Å². The molecule has 0 aromatic heterocycles. The third kappa shape index (κ3) is 3.36. The van der Waals surface area contributed by atoms with Gasteiger partial charge in [0.2, 0.25) is 0 Å². The number of nitrogens with one attached hydrogen (secondary N) is 1. The number of phenols is 2. The van der Waals surface area contributed by atoms with Crippen molar-refractivity contribution in [3.63, 3.8) is 0 Å². The first-order valence-electron chi connectivity index (χ1n) is 4.98. The maximum absolute atomic E-state index is 11.7. The van der Waals surface area contributed by atoms with E-state index in [0.717, 1.165) is 0 Å². The molecule has 18 heavy (non-hydrogen) atoms. The summed E-state index contributed by atoms with van der Waals surface area (Å²) in [5, 5.41) is 21.1. The summed E-state index contributed by atoms with van der Waals surface area (Å²) in [6, 6.07) is 4.04. The van der Waals surface area contributed by atoms with Gasteiger partial charge in [-0.15, -0.1) is 0 Å². The molecule has 1 atom stereocenters. The molecular formula is C11H12BrNO5. The zero-order valence-electron chi connectivity index (χ0n) is 9.51. The fraction of sp³-hybridized carbons (Fsp3) is 0.273. The number of esters is 1. The van der Waals surface area contributed by atoms with E-state index in [1.807, 2.05) is 0 Å². The van der Waals surface area contributed by atoms with Gasteiger partial charge in [-0.2, -0.15) is 0 Å². The second kappa shape index (κ2) is 6.25. The van der Waals surface area contributed by atoms with Gasteiger partial charge in [-0.3, -0.25) is 9.59 Å². The molecular weight excluding hydrogens is 306 g/mol. The van der Waals surface area contributed by atoms with E-state index in [2.05, 4.69) is 26.0 Å². The summed E-state index contributed by atoms with van der Waals surface area (Å²) in [5.74, 6) is -2.00. The van der Waals surface area contributed by atoms with Gasteiger partial charge in [0.15, 0.2) is 11.5 Å². The van der Waals surface area contributed by atoms with Gasteiger partial charge in [0.05, 0.1) is 12.7 Å². The minimum absolute atomic E-state index is 0.000598. The maximum atomic E-state index is 11.7. The fourth-order valence-electron chi connectivity index (χ4n) is 1.20. The Bertz CT molecular complexity index is 463. The van der Waals surface area contributed by atoms with Gasteiger partial charge in [-0.1, -0.05) is 22.0 Å². The lowest BCUT2D eigenvalue weighted by Crippen LogP contribution is -2.33. The first kappa shape index (κ1) is 14.3. The Morgan fingerprint density at radius 3 is 2.72 bits per heavy atom. The molecule has 0 bridgehead atoms. The van der Waals surface area contributed by atoms with E-state index in [9.17, 15) is 19.8 Å². The Balaban J connectivity index is 2.66. The first-order chi connectivity index (χ1) is 8.47. The Kier molecular flexibility index (Phi) is 4.96. The highest BCUT2D eigenvalue weighted by Crippen LogP contribution is 2.27. The molecule has 6 nitrogen and oxygen atoms in total. The van der Waals surface area contributed by atoms with Crippen molar-refractivity contribution in [2.75, 3.05) is 13.7 Å². The molecule has 0 radical (unpaired) electrons. The summed E-state index contributed by atoms with van der Waals surface area (Å²) < 4.78 is 4.47. The van der Waals surface area contributed by atoms with Crippen LogP contribution in [0.5, 0.6) is 11.5 Å². The topological polar surface area (TPSA) is 95.9 Å². The Labute approximate surface area is 112 Å². The Morgan fingerprint density at radius 1 is 1.44 bits per heavy atom. The van der Waals surface area contributed by atoms with Crippen LogP contribution < -0.4 is 5.32 Å². The number of methoxy groups -OCH3 is 1. The van der Waals surface area contributed by atoms with E-state index in [-0.39, 0.29) is 17.9 Å². The number of carbonyl (C=O) groups excluding carboxylic acids is 2. The zero-order chi connectivity index (χ0) is 13.7. The molecule has 1 aromatic carbocycles. The fourth-order valence-corrected chi connectivity index (χ4v) is 1.55. The van der Waals surface area contributed by atoms with E-state index in [0.29, 0.717) is 0 Å². The van der Waals surface area contributed by atoms with Crippen LogP contribution in [0.15, 0.2) is 18.2 Å². The van der Waals surface area contributed by atoms with Crippen molar-refractivity contribution in [3.05, 3.63) is 23.8 Å². The molecule has 0 saturated heterocycles. The number of para-hydroxylation sites is 1. The minimum atomic E-state index is -0.675. The van der Waals surface area contributed by atoms with Crippen molar-refractivity contribution in [3.8, 4) is 11.5 Å². The monoisotopic (exact) mass is 317 g/mol. The molecule has 0 aliphatic heterocycles. The number of benzene rings is 1. The highest BCUT2D eigenvalue weighted by Gasteiger charge is 2.18. The van der Waals surface area contributed by atoms with Crippen LogP contribution >= 0.6 is 15.9 Å². The molecule has 1 amide bonds. The van der Waals surface area contributed by atoms with Crippen molar-refractivity contribution < 1.29 is 24.5 Å². The molecule has 0 aliphatic carbocycles. The zero-order valence-corrected chi connectivity index (χ0v) is 11.1. The largest absolute Gasteiger partial charge is 0.504 e. The summed E-state index contributed by atoms with van der Waals surface area (Å²) >= 11 is 3.04. The average Bonchev–Trinajstić information content (AvgIpc) is 2.37. The molecule has 0 fully saturated rings. The second-order valence-electron chi connectivity index (χ2n) is 3.37. The van der Waals surface area contributed by atoms with Gasteiger partial charge >= 0.3 is 5.97 Å². The normalized spacial score (nSPS) is 11.7. The van der Waals surface area contributed by atoms with E-state index in [1.54, 1.807) is 0 Å². The summed E-state index contributed by atoms with van der Waals surface area (Å²) in [6.07, 6.45) is 0. The first-order valence-corrected chi connectivity index (χ1v) is 5.90. The number of hydrogen-bond donors (Lipinski definition) is 3. The van der Waals surface area contributed by atoms with Gasteiger partial charge in [0.1, 0.15) is 4.83 Å². The third-order valence-electron chi connectivity index (χ3n) is 2.16. The number of amides is 1. The number of aromatic hydroxyl groups is 2. The highest BCUT2D eigenvalue weighted by molar-refractivity contribution is 9.10. The standard InChI is InChI=1S/C11H12BrNO5/c1-18-11(17)7(12)5-13-10(16)6-3-2-4-8(14)9(6)15/h2-4,7,14-15H,5H2,1H3,(H,13,16). The van der Waals surface area contributed by atoms with E-state index in [4.69, 9.17) is 0 Å². The van der Waals surface area contributed by atoms with Gasteiger partial charge in [0, 0.05) is 6.54 Å². The number of hydrogen-bond acceptors (Lipinski definition) is 5. The summed E-state index contributed by atoms with van der Waals surface area (Å²) in [5.41, 5.74) is -0.0698. The number of rotatable bonds is 4. The smallest absolute Gasteiger partial charge is 0.321 e. The van der Waals surface area contributed by atoms with E-state index < -0.39 is 22.5 Å². The lowest BCUT2D eigenvalue weighted by Gasteiger charge is -2.10. The molecule has 0 aliphatic rings. The van der Waals surface area contributed by atoms with Crippen LogP contribution in [-0.2, 0) is 9.53 Å². The molecule has 7 heteroatoms. The predicted octanol–water partition coefficient (Wildman–Crippen LogP) is 0.764. The second-order valence-corrected chi connectivity index (χ2v) is 4.48. The Hall–Kier alpha value is -1.76.